The van der Waals surface area contributed by atoms with Gasteiger partial charge in [-0.1, -0.05) is 6.42 Å². The first-order chi connectivity index (χ1) is 4.61. The Morgan fingerprint density at radius 2 is 1.60 bits per heavy atom. The van der Waals surface area contributed by atoms with Gasteiger partial charge in [-0.05, 0) is 12.8 Å². The zero-order chi connectivity index (χ0) is 7.61. The summed E-state index contributed by atoms with van der Waals surface area (Å²) in [5, 5.41) is 0. The largest absolute Gasteiger partial charge is 0.735 e. The minimum Gasteiger partial charge on any atom is -0.735 e. The predicted molar refractivity (Wildman–Crippen MR) is 35.1 cm³/mol. The third-order valence-corrected chi connectivity index (χ3v) is 2.63. The Morgan fingerprint density at radius 1 is 1.10 bits per heavy atom. The highest BCUT2D eigenvalue weighted by Gasteiger charge is 2.14. The topological polar surface area (TPSA) is 60.4 Å². The molecule has 5 heteroatoms. The molecule has 0 unspecified atom stereocenters. The van der Waals surface area contributed by atoms with Gasteiger partial charge in [-0.25, -0.2) is 12.7 Å². The molecule has 0 aliphatic carbocycles. The van der Waals surface area contributed by atoms with E-state index in [2.05, 4.69) is 0 Å². The smallest absolute Gasteiger partial charge is 0.161 e. The molecule has 0 saturated carbocycles. The molecule has 1 heterocycles. The monoisotopic (exact) mass is 164 g/mol. The lowest BCUT2D eigenvalue weighted by atomic mass is 10.2. The third-order valence-electron chi connectivity index (χ3n) is 1.63. The molecule has 1 fully saturated rings. The molecule has 1 aliphatic heterocycles. The molecule has 60 valence electrons. The number of piperidine rings is 1. The fourth-order valence-electron chi connectivity index (χ4n) is 1.09. The van der Waals surface area contributed by atoms with Crippen molar-refractivity contribution in [2.75, 3.05) is 13.1 Å². The molecule has 0 N–H and O–H groups in total. The maximum Gasteiger partial charge on any atom is 0.161 e. The molecule has 4 nitrogen and oxygen atoms in total. The Balaban J connectivity index is 2.56. The Hall–Kier alpha value is -0.130. The van der Waals surface area contributed by atoms with Gasteiger partial charge in [0, 0.05) is 13.1 Å². The van der Waals surface area contributed by atoms with Crippen molar-refractivity contribution in [2.24, 2.45) is 0 Å². The normalized spacial score (nSPS) is 22.9. The van der Waals surface area contributed by atoms with E-state index in [0.717, 1.165) is 23.6 Å². The average Bonchev–Trinajstić information content (AvgIpc) is 1.88. The molecule has 1 rings (SSSR count). The van der Waals surface area contributed by atoms with E-state index in [-0.39, 0.29) is 0 Å². The van der Waals surface area contributed by atoms with E-state index in [1.807, 2.05) is 0 Å². The highest BCUT2D eigenvalue weighted by atomic mass is 32.2. The molecule has 0 amide bonds. The molecule has 0 aromatic carbocycles. The lowest BCUT2D eigenvalue weighted by molar-refractivity contribution is 0.302. The van der Waals surface area contributed by atoms with Crippen LogP contribution in [0.2, 0.25) is 0 Å². The van der Waals surface area contributed by atoms with Crippen LogP contribution in [-0.4, -0.2) is 30.4 Å². The second-order valence-electron chi connectivity index (χ2n) is 2.42. The van der Waals surface area contributed by atoms with Gasteiger partial charge in [0.2, 0.25) is 0 Å². The van der Waals surface area contributed by atoms with Crippen molar-refractivity contribution in [1.29, 1.82) is 0 Å². The maximum atomic E-state index is 10.4. The van der Waals surface area contributed by atoms with E-state index in [1.54, 1.807) is 0 Å². The van der Waals surface area contributed by atoms with Crippen LogP contribution in [0.4, 0.5) is 0 Å². The summed E-state index contributed by atoms with van der Waals surface area (Å²) in [7, 11) is -4.14. The van der Waals surface area contributed by atoms with Gasteiger partial charge in [0.15, 0.2) is 10.3 Å². The van der Waals surface area contributed by atoms with E-state index in [0.29, 0.717) is 13.1 Å². The van der Waals surface area contributed by atoms with Gasteiger partial charge in [0.1, 0.15) is 0 Å². The maximum absolute atomic E-state index is 10.4. The van der Waals surface area contributed by atoms with Crippen molar-refractivity contribution in [3.8, 4) is 0 Å². The summed E-state index contributed by atoms with van der Waals surface area (Å²) in [5.74, 6) is 0. The van der Waals surface area contributed by atoms with Crippen molar-refractivity contribution < 1.29 is 13.0 Å². The van der Waals surface area contributed by atoms with Crippen LogP contribution in [0.25, 0.3) is 0 Å². The summed E-state index contributed by atoms with van der Waals surface area (Å²) in [5.41, 5.74) is 0. The van der Waals surface area contributed by atoms with Crippen LogP contribution >= 0.6 is 0 Å². The number of hydrogen-bond acceptors (Lipinski definition) is 3. The summed E-state index contributed by atoms with van der Waals surface area (Å²) >= 11 is 0. The van der Waals surface area contributed by atoms with Gasteiger partial charge < -0.3 is 4.55 Å². The van der Waals surface area contributed by atoms with Crippen molar-refractivity contribution in [2.45, 2.75) is 19.3 Å². The van der Waals surface area contributed by atoms with Crippen molar-refractivity contribution in [1.82, 2.24) is 4.31 Å². The van der Waals surface area contributed by atoms with Crippen molar-refractivity contribution in [3.63, 3.8) is 0 Å². The second-order valence-corrected chi connectivity index (χ2v) is 3.79. The van der Waals surface area contributed by atoms with E-state index in [1.165, 1.54) is 0 Å². The third kappa shape index (κ3) is 1.93. The SMILES string of the molecule is O=S(=O)([O-])N1CCCCC1. The van der Waals surface area contributed by atoms with Crippen LogP contribution in [0.3, 0.4) is 0 Å². The van der Waals surface area contributed by atoms with E-state index >= 15 is 0 Å². The molecule has 1 aliphatic rings. The molecule has 10 heavy (non-hydrogen) atoms. The van der Waals surface area contributed by atoms with Crippen LogP contribution in [-0.2, 0) is 10.3 Å². The molecule has 0 aromatic heterocycles. The molecule has 1 saturated heterocycles. The first kappa shape index (κ1) is 7.97. The fourth-order valence-corrected chi connectivity index (χ4v) is 1.79. The zero-order valence-electron chi connectivity index (χ0n) is 5.62. The summed E-state index contributed by atoms with van der Waals surface area (Å²) in [6.45, 7) is 0.817. The van der Waals surface area contributed by atoms with E-state index < -0.39 is 10.3 Å². The molecular formula is C5H10NO3S-. The Labute approximate surface area is 60.7 Å². The average molecular weight is 164 g/mol. The summed E-state index contributed by atoms with van der Waals surface area (Å²) in [6.07, 6.45) is 2.68. The van der Waals surface area contributed by atoms with Crippen LogP contribution in [0.1, 0.15) is 19.3 Å². The van der Waals surface area contributed by atoms with Gasteiger partial charge in [0.05, 0.1) is 0 Å². The van der Waals surface area contributed by atoms with Crippen LogP contribution in [0.5, 0.6) is 0 Å². The van der Waals surface area contributed by atoms with Crippen molar-refractivity contribution >= 4 is 10.3 Å². The second kappa shape index (κ2) is 2.86. The van der Waals surface area contributed by atoms with Crippen LogP contribution in [0.15, 0.2) is 0 Å². The summed E-state index contributed by atoms with van der Waals surface area (Å²) in [4.78, 5) is 0. The first-order valence-electron chi connectivity index (χ1n) is 3.32. The Kier molecular flexibility index (Phi) is 2.28. The summed E-state index contributed by atoms with van der Waals surface area (Å²) in [6, 6.07) is 0. The fraction of sp³-hybridized carbons (Fsp3) is 1.00. The van der Waals surface area contributed by atoms with Crippen LogP contribution in [0, 0.1) is 0 Å². The molecule has 0 radical (unpaired) electrons. The molecule has 0 bridgehead atoms. The van der Waals surface area contributed by atoms with Gasteiger partial charge in [-0.3, -0.25) is 0 Å². The number of hydrogen-bond donors (Lipinski definition) is 0. The molecule has 0 atom stereocenters. The number of rotatable bonds is 1. The predicted octanol–water partition coefficient (Wildman–Crippen LogP) is -0.0675. The zero-order valence-corrected chi connectivity index (χ0v) is 6.43. The van der Waals surface area contributed by atoms with Gasteiger partial charge in [-0.2, -0.15) is 0 Å². The molecule has 0 spiro atoms. The molecule has 0 aromatic rings. The lowest BCUT2D eigenvalue weighted by Crippen LogP contribution is -2.35. The Morgan fingerprint density at radius 3 is 1.90 bits per heavy atom. The minimum atomic E-state index is -4.14. The highest BCUT2D eigenvalue weighted by Crippen LogP contribution is 2.10. The summed E-state index contributed by atoms with van der Waals surface area (Å²) < 4.78 is 32.1. The Bertz CT molecular complexity index is 193. The molecular weight excluding hydrogens is 154 g/mol. The standard InChI is InChI=1S/C5H11NO3S/c7-10(8,9)6-4-2-1-3-5-6/h1-5H2,(H,7,8,9)/p-1. The van der Waals surface area contributed by atoms with Crippen molar-refractivity contribution in [3.05, 3.63) is 0 Å². The van der Waals surface area contributed by atoms with Gasteiger partial charge in [-0.15, -0.1) is 0 Å². The van der Waals surface area contributed by atoms with E-state index in [4.69, 9.17) is 0 Å². The highest BCUT2D eigenvalue weighted by molar-refractivity contribution is 7.83. The minimum absolute atomic E-state index is 0.409. The van der Waals surface area contributed by atoms with Gasteiger partial charge >= 0.3 is 0 Å². The quantitative estimate of drug-likeness (QED) is 0.510. The lowest BCUT2D eigenvalue weighted by Gasteiger charge is -2.28. The first-order valence-corrected chi connectivity index (χ1v) is 4.68. The van der Waals surface area contributed by atoms with Gasteiger partial charge in [0.25, 0.3) is 0 Å². The van der Waals surface area contributed by atoms with Crippen LogP contribution < -0.4 is 0 Å². The van der Waals surface area contributed by atoms with E-state index in [9.17, 15) is 13.0 Å². The number of nitrogens with zero attached hydrogens (tertiary/aromatic N) is 1.